The van der Waals surface area contributed by atoms with E-state index in [0.29, 0.717) is 32.3 Å². The van der Waals surface area contributed by atoms with E-state index in [1.165, 1.54) is 0 Å². The molecule has 1 heterocycles. The van der Waals surface area contributed by atoms with Gasteiger partial charge in [-0.1, -0.05) is 0 Å². The standard InChI is InChI=1S/C11H18N2O4/c14-10(15)3-4-13-5-6-17-7-9(13)11(16)12-8-1-2-8/h8-9H,1-7H2,(H,12,16)(H,14,15). The number of nitrogens with zero attached hydrogens (tertiary/aromatic N) is 1. The van der Waals surface area contributed by atoms with Gasteiger partial charge in [0, 0.05) is 19.1 Å². The molecule has 1 amide bonds. The quantitative estimate of drug-likeness (QED) is 0.675. The predicted molar refractivity (Wildman–Crippen MR) is 59.6 cm³/mol. The van der Waals surface area contributed by atoms with Crippen molar-refractivity contribution < 1.29 is 19.4 Å². The summed E-state index contributed by atoms with van der Waals surface area (Å²) < 4.78 is 5.29. The number of carbonyl (C=O) groups is 2. The Bertz CT molecular complexity index is 304. The minimum Gasteiger partial charge on any atom is -0.481 e. The lowest BCUT2D eigenvalue weighted by atomic mass is 10.2. The molecule has 1 aliphatic carbocycles. The van der Waals surface area contributed by atoms with E-state index in [0.717, 1.165) is 12.8 Å². The molecule has 2 aliphatic rings. The lowest BCUT2D eigenvalue weighted by Gasteiger charge is -2.34. The summed E-state index contributed by atoms with van der Waals surface area (Å²) in [5.74, 6) is -0.865. The number of hydrogen-bond donors (Lipinski definition) is 2. The van der Waals surface area contributed by atoms with Crippen LogP contribution in [0.2, 0.25) is 0 Å². The molecular formula is C11H18N2O4. The number of amides is 1. The predicted octanol–water partition coefficient (Wildman–Crippen LogP) is -0.559. The SMILES string of the molecule is O=C(O)CCN1CCOCC1C(=O)NC1CC1. The Morgan fingerprint density at radius 3 is 2.82 bits per heavy atom. The highest BCUT2D eigenvalue weighted by atomic mass is 16.5. The molecule has 17 heavy (non-hydrogen) atoms. The Morgan fingerprint density at radius 2 is 2.18 bits per heavy atom. The highest BCUT2D eigenvalue weighted by Crippen LogP contribution is 2.19. The number of aliphatic carboxylic acids is 1. The van der Waals surface area contributed by atoms with Gasteiger partial charge < -0.3 is 15.2 Å². The number of ether oxygens (including phenoxy) is 1. The summed E-state index contributed by atoms with van der Waals surface area (Å²) in [7, 11) is 0. The van der Waals surface area contributed by atoms with E-state index in [2.05, 4.69) is 5.32 Å². The fourth-order valence-corrected chi connectivity index (χ4v) is 1.91. The molecule has 0 bridgehead atoms. The summed E-state index contributed by atoms with van der Waals surface area (Å²) in [6, 6.07) is -0.00514. The van der Waals surface area contributed by atoms with Gasteiger partial charge in [0.25, 0.3) is 0 Å². The summed E-state index contributed by atoms with van der Waals surface area (Å²) in [5.41, 5.74) is 0. The zero-order valence-corrected chi connectivity index (χ0v) is 9.72. The van der Waals surface area contributed by atoms with Crippen molar-refractivity contribution in [2.24, 2.45) is 0 Å². The van der Waals surface area contributed by atoms with E-state index in [4.69, 9.17) is 9.84 Å². The van der Waals surface area contributed by atoms with Gasteiger partial charge in [-0.15, -0.1) is 0 Å². The molecule has 2 fully saturated rings. The molecule has 0 radical (unpaired) electrons. The Hall–Kier alpha value is -1.14. The van der Waals surface area contributed by atoms with Crippen LogP contribution in [0, 0.1) is 0 Å². The van der Waals surface area contributed by atoms with Gasteiger partial charge >= 0.3 is 5.97 Å². The first-order valence-electron chi connectivity index (χ1n) is 6.01. The van der Waals surface area contributed by atoms with E-state index in [9.17, 15) is 9.59 Å². The van der Waals surface area contributed by atoms with Crippen LogP contribution in [-0.2, 0) is 14.3 Å². The first-order valence-corrected chi connectivity index (χ1v) is 6.01. The fourth-order valence-electron chi connectivity index (χ4n) is 1.91. The minimum atomic E-state index is -0.835. The molecule has 1 atom stereocenters. The molecule has 6 nitrogen and oxygen atoms in total. The van der Waals surface area contributed by atoms with Gasteiger partial charge in [0.2, 0.25) is 5.91 Å². The maximum absolute atomic E-state index is 11.9. The molecule has 0 aromatic heterocycles. The second-order valence-corrected chi connectivity index (χ2v) is 4.55. The third-order valence-electron chi connectivity index (χ3n) is 3.08. The third-order valence-corrected chi connectivity index (χ3v) is 3.08. The van der Waals surface area contributed by atoms with Crippen LogP contribution in [-0.4, -0.2) is 60.3 Å². The van der Waals surface area contributed by atoms with Gasteiger partial charge in [0.05, 0.1) is 19.6 Å². The second-order valence-electron chi connectivity index (χ2n) is 4.55. The average molecular weight is 242 g/mol. The second kappa shape index (κ2) is 5.46. The summed E-state index contributed by atoms with van der Waals surface area (Å²) in [5, 5.41) is 11.6. The number of hydrogen-bond acceptors (Lipinski definition) is 4. The Morgan fingerprint density at radius 1 is 1.41 bits per heavy atom. The highest BCUT2D eigenvalue weighted by molar-refractivity contribution is 5.82. The Labute approximate surface area is 99.9 Å². The van der Waals surface area contributed by atoms with Gasteiger partial charge in [0.1, 0.15) is 6.04 Å². The molecule has 96 valence electrons. The topological polar surface area (TPSA) is 78.9 Å². The first kappa shape index (κ1) is 12.3. The fraction of sp³-hybridized carbons (Fsp3) is 0.818. The van der Waals surface area contributed by atoms with Crippen LogP contribution < -0.4 is 5.32 Å². The monoisotopic (exact) mass is 242 g/mol. The summed E-state index contributed by atoms with van der Waals surface area (Å²) in [4.78, 5) is 24.4. The van der Waals surface area contributed by atoms with Crippen LogP contribution in [0.3, 0.4) is 0 Å². The molecule has 1 saturated carbocycles. The van der Waals surface area contributed by atoms with Crippen LogP contribution in [0.15, 0.2) is 0 Å². The number of carbonyl (C=O) groups excluding carboxylic acids is 1. The molecule has 0 spiro atoms. The lowest BCUT2D eigenvalue weighted by molar-refractivity contribution is -0.140. The Kier molecular flexibility index (Phi) is 3.96. The van der Waals surface area contributed by atoms with Crippen molar-refractivity contribution in [3.05, 3.63) is 0 Å². The summed E-state index contributed by atoms with van der Waals surface area (Å²) in [6.45, 7) is 1.95. The van der Waals surface area contributed by atoms with Gasteiger partial charge in [-0.05, 0) is 12.8 Å². The zero-order chi connectivity index (χ0) is 12.3. The molecule has 2 rings (SSSR count). The van der Waals surface area contributed by atoms with Crippen LogP contribution in [0.5, 0.6) is 0 Å². The first-order chi connectivity index (χ1) is 8.16. The van der Waals surface area contributed by atoms with E-state index < -0.39 is 5.97 Å². The molecule has 2 N–H and O–H groups in total. The number of morpholine rings is 1. The van der Waals surface area contributed by atoms with Gasteiger partial charge in [-0.2, -0.15) is 0 Å². The van der Waals surface area contributed by atoms with E-state index in [-0.39, 0.29) is 18.4 Å². The molecule has 6 heteroatoms. The largest absolute Gasteiger partial charge is 0.481 e. The molecule has 0 aromatic rings. The van der Waals surface area contributed by atoms with Gasteiger partial charge in [0.15, 0.2) is 0 Å². The van der Waals surface area contributed by atoms with Crippen molar-refractivity contribution in [1.82, 2.24) is 10.2 Å². The van der Waals surface area contributed by atoms with Crippen LogP contribution in [0.4, 0.5) is 0 Å². The molecular weight excluding hydrogens is 224 g/mol. The van der Waals surface area contributed by atoms with Crippen molar-refractivity contribution in [3.8, 4) is 0 Å². The highest BCUT2D eigenvalue weighted by Gasteiger charge is 2.33. The molecule has 0 aromatic carbocycles. The summed E-state index contributed by atoms with van der Waals surface area (Å²) >= 11 is 0. The number of nitrogens with one attached hydrogen (secondary N) is 1. The van der Waals surface area contributed by atoms with Crippen LogP contribution >= 0.6 is 0 Å². The average Bonchev–Trinajstić information content (AvgIpc) is 3.10. The van der Waals surface area contributed by atoms with E-state index in [1.54, 1.807) is 0 Å². The number of carboxylic acid groups (broad SMARTS) is 1. The molecule has 1 unspecified atom stereocenters. The van der Waals surface area contributed by atoms with Gasteiger partial charge in [-0.25, -0.2) is 0 Å². The van der Waals surface area contributed by atoms with Crippen LogP contribution in [0.1, 0.15) is 19.3 Å². The minimum absolute atomic E-state index is 0.0300. The number of rotatable bonds is 5. The van der Waals surface area contributed by atoms with Crippen LogP contribution in [0.25, 0.3) is 0 Å². The normalized spacial score (nSPS) is 25.5. The summed E-state index contributed by atoms with van der Waals surface area (Å²) in [6.07, 6.45) is 2.16. The molecule has 1 aliphatic heterocycles. The van der Waals surface area contributed by atoms with Crippen molar-refractivity contribution in [3.63, 3.8) is 0 Å². The Balaban J connectivity index is 1.85. The molecule has 1 saturated heterocycles. The number of carboxylic acids is 1. The van der Waals surface area contributed by atoms with Gasteiger partial charge in [-0.3, -0.25) is 14.5 Å². The van der Waals surface area contributed by atoms with Crippen molar-refractivity contribution in [1.29, 1.82) is 0 Å². The van der Waals surface area contributed by atoms with Crippen molar-refractivity contribution in [2.45, 2.75) is 31.3 Å². The lowest BCUT2D eigenvalue weighted by Crippen LogP contribution is -2.54. The van der Waals surface area contributed by atoms with E-state index in [1.807, 2.05) is 4.90 Å². The van der Waals surface area contributed by atoms with Crippen molar-refractivity contribution in [2.75, 3.05) is 26.3 Å². The third kappa shape index (κ3) is 3.67. The van der Waals surface area contributed by atoms with Crippen molar-refractivity contribution >= 4 is 11.9 Å². The smallest absolute Gasteiger partial charge is 0.304 e. The maximum Gasteiger partial charge on any atom is 0.304 e. The zero-order valence-electron chi connectivity index (χ0n) is 9.72. The van der Waals surface area contributed by atoms with E-state index >= 15 is 0 Å². The maximum atomic E-state index is 11.9.